The van der Waals surface area contributed by atoms with Crippen LogP contribution in [0.25, 0.3) is 0 Å². The van der Waals surface area contributed by atoms with Crippen LogP contribution < -0.4 is 0 Å². The molecule has 14 heavy (non-hydrogen) atoms. The van der Waals surface area contributed by atoms with Crippen LogP contribution in [0, 0.1) is 5.41 Å². The second-order valence-corrected chi connectivity index (χ2v) is 7.19. The molecular formula is C9H20O4Si. The zero-order chi connectivity index (χ0) is 10.7. The number of hydrogen-bond acceptors (Lipinski definition) is 4. The van der Waals surface area contributed by atoms with Crippen molar-refractivity contribution < 1.29 is 18.0 Å². The van der Waals surface area contributed by atoms with Gasteiger partial charge in [-0.2, -0.15) is 0 Å². The van der Waals surface area contributed by atoms with Crippen molar-refractivity contribution >= 4 is 8.80 Å². The molecule has 1 aliphatic heterocycles. The van der Waals surface area contributed by atoms with Crippen LogP contribution in [-0.2, 0) is 18.0 Å². The average Bonchev–Trinajstić information content (AvgIpc) is 2.18. The topological polar surface area (TPSA) is 36.9 Å². The molecule has 1 saturated heterocycles. The fourth-order valence-corrected chi connectivity index (χ4v) is 3.63. The molecule has 0 spiro atoms. The van der Waals surface area contributed by atoms with Gasteiger partial charge in [-0.05, 0) is 6.42 Å². The molecule has 0 N–H and O–H groups in total. The van der Waals surface area contributed by atoms with Crippen molar-refractivity contribution in [1.29, 1.82) is 0 Å². The Morgan fingerprint density at radius 3 is 1.93 bits per heavy atom. The SMILES string of the molecule is CO[Si](CCC1(C)COC1)(OC)OC. The molecule has 0 radical (unpaired) electrons. The molecular weight excluding hydrogens is 200 g/mol. The highest BCUT2D eigenvalue weighted by atomic mass is 28.4. The monoisotopic (exact) mass is 220 g/mol. The summed E-state index contributed by atoms with van der Waals surface area (Å²) < 4.78 is 21.3. The van der Waals surface area contributed by atoms with Crippen LogP contribution in [0.3, 0.4) is 0 Å². The van der Waals surface area contributed by atoms with Crippen LogP contribution in [-0.4, -0.2) is 43.3 Å². The van der Waals surface area contributed by atoms with E-state index in [2.05, 4.69) is 6.92 Å². The van der Waals surface area contributed by atoms with Gasteiger partial charge in [-0.25, -0.2) is 0 Å². The zero-order valence-electron chi connectivity index (χ0n) is 9.46. The molecule has 0 unspecified atom stereocenters. The molecule has 1 heterocycles. The van der Waals surface area contributed by atoms with Gasteiger partial charge in [-0.3, -0.25) is 0 Å². The van der Waals surface area contributed by atoms with Gasteiger partial charge in [0.1, 0.15) is 0 Å². The fourth-order valence-electron chi connectivity index (χ4n) is 1.61. The maximum Gasteiger partial charge on any atom is 0.500 e. The number of ether oxygens (including phenoxy) is 1. The highest BCUT2D eigenvalue weighted by molar-refractivity contribution is 6.60. The van der Waals surface area contributed by atoms with E-state index in [1.54, 1.807) is 21.3 Å². The maximum absolute atomic E-state index is 5.35. The third kappa shape index (κ3) is 2.55. The molecule has 1 rings (SSSR count). The lowest BCUT2D eigenvalue weighted by Crippen LogP contribution is -2.47. The molecule has 0 amide bonds. The van der Waals surface area contributed by atoms with Gasteiger partial charge in [-0.1, -0.05) is 6.92 Å². The standard InChI is InChI=1S/C9H20O4Si/c1-9(7-13-8-9)5-6-14(10-2,11-3)12-4/h5-8H2,1-4H3. The lowest BCUT2D eigenvalue weighted by Gasteiger charge is -2.39. The van der Waals surface area contributed by atoms with E-state index in [1.807, 2.05) is 0 Å². The van der Waals surface area contributed by atoms with Gasteiger partial charge < -0.3 is 18.0 Å². The van der Waals surface area contributed by atoms with Gasteiger partial charge >= 0.3 is 8.80 Å². The smallest absolute Gasteiger partial charge is 0.380 e. The lowest BCUT2D eigenvalue weighted by atomic mass is 9.86. The van der Waals surface area contributed by atoms with Gasteiger partial charge in [-0.15, -0.1) is 0 Å². The summed E-state index contributed by atoms with van der Waals surface area (Å²) in [5.74, 6) is 0. The molecule has 1 aliphatic rings. The van der Waals surface area contributed by atoms with E-state index in [9.17, 15) is 0 Å². The molecule has 0 aromatic heterocycles. The molecule has 5 heteroatoms. The van der Waals surface area contributed by atoms with E-state index >= 15 is 0 Å². The minimum Gasteiger partial charge on any atom is -0.380 e. The highest BCUT2D eigenvalue weighted by Crippen LogP contribution is 2.34. The third-order valence-corrected chi connectivity index (χ3v) is 5.60. The summed E-state index contributed by atoms with van der Waals surface area (Å²) in [5.41, 5.74) is 0.299. The highest BCUT2D eigenvalue weighted by Gasteiger charge is 2.42. The van der Waals surface area contributed by atoms with Crippen molar-refractivity contribution in [3.8, 4) is 0 Å². The van der Waals surface area contributed by atoms with Crippen molar-refractivity contribution in [2.75, 3.05) is 34.5 Å². The van der Waals surface area contributed by atoms with Gasteiger partial charge in [0, 0.05) is 32.8 Å². The summed E-state index contributed by atoms with van der Waals surface area (Å²) in [6.07, 6.45) is 1.04. The molecule has 1 fully saturated rings. The van der Waals surface area contributed by atoms with Gasteiger partial charge in [0.15, 0.2) is 0 Å². The quantitative estimate of drug-likeness (QED) is 0.632. The minimum atomic E-state index is -2.37. The van der Waals surface area contributed by atoms with E-state index in [-0.39, 0.29) is 0 Å². The van der Waals surface area contributed by atoms with Crippen LogP contribution in [0.15, 0.2) is 0 Å². The van der Waals surface area contributed by atoms with Crippen LogP contribution in [0.5, 0.6) is 0 Å². The van der Waals surface area contributed by atoms with Gasteiger partial charge in [0.2, 0.25) is 0 Å². The Labute approximate surface area is 86.9 Å². The summed E-state index contributed by atoms with van der Waals surface area (Å²) in [6, 6.07) is 0.858. The summed E-state index contributed by atoms with van der Waals surface area (Å²) in [5, 5.41) is 0. The van der Waals surface area contributed by atoms with E-state index in [1.165, 1.54) is 0 Å². The lowest BCUT2D eigenvalue weighted by molar-refractivity contribution is -0.104. The summed E-state index contributed by atoms with van der Waals surface area (Å²) in [7, 11) is 2.59. The molecule has 0 atom stereocenters. The van der Waals surface area contributed by atoms with Crippen molar-refractivity contribution in [1.82, 2.24) is 0 Å². The largest absolute Gasteiger partial charge is 0.500 e. The molecule has 0 bridgehead atoms. The second kappa shape index (κ2) is 4.72. The fraction of sp³-hybridized carbons (Fsp3) is 1.00. The molecule has 84 valence electrons. The Morgan fingerprint density at radius 2 is 1.64 bits per heavy atom. The Balaban J connectivity index is 2.39. The predicted molar refractivity (Wildman–Crippen MR) is 55.1 cm³/mol. The first-order chi connectivity index (χ1) is 6.60. The molecule has 0 aliphatic carbocycles. The van der Waals surface area contributed by atoms with E-state index in [0.717, 1.165) is 25.7 Å². The second-order valence-electron chi connectivity index (χ2n) is 4.10. The van der Waals surface area contributed by atoms with E-state index < -0.39 is 8.80 Å². The van der Waals surface area contributed by atoms with Crippen molar-refractivity contribution in [2.24, 2.45) is 5.41 Å². The predicted octanol–water partition coefficient (Wildman–Crippen LogP) is 1.29. The van der Waals surface area contributed by atoms with Crippen LogP contribution in [0.2, 0.25) is 6.04 Å². The number of hydrogen-bond donors (Lipinski definition) is 0. The van der Waals surface area contributed by atoms with Crippen molar-refractivity contribution in [2.45, 2.75) is 19.4 Å². The van der Waals surface area contributed by atoms with Crippen molar-refractivity contribution in [3.05, 3.63) is 0 Å². The molecule has 4 nitrogen and oxygen atoms in total. The Morgan fingerprint density at radius 1 is 1.14 bits per heavy atom. The molecule has 0 saturated carbocycles. The normalized spacial score (nSPS) is 20.6. The maximum atomic E-state index is 5.35. The van der Waals surface area contributed by atoms with Crippen LogP contribution >= 0.6 is 0 Å². The van der Waals surface area contributed by atoms with Crippen LogP contribution in [0.4, 0.5) is 0 Å². The molecule has 0 aromatic rings. The van der Waals surface area contributed by atoms with Gasteiger partial charge in [0.25, 0.3) is 0 Å². The first-order valence-corrected chi connectivity index (χ1v) is 6.76. The average molecular weight is 220 g/mol. The Hall–Kier alpha value is 0.0569. The first-order valence-electron chi connectivity index (χ1n) is 4.83. The van der Waals surface area contributed by atoms with Crippen LogP contribution in [0.1, 0.15) is 13.3 Å². The summed E-state index contributed by atoms with van der Waals surface area (Å²) in [4.78, 5) is 0. The Kier molecular flexibility index (Phi) is 4.09. The van der Waals surface area contributed by atoms with Crippen molar-refractivity contribution in [3.63, 3.8) is 0 Å². The molecule has 0 aromatic carbocycles. The summed E-state index contributed by atoms with van der Waals surface area (Å²) in [6.45, 7) is 3.90. The summed E-state index contributed by atoms with van der Waals surface area (Å²) >= 11 is 0. The van der Waals surface area contributed by atoms with E-state index in [0.29, 0.717) is 5.41 Å². The number of rotatable bonds is 6. The van der Waals surface area contributed by atoms with E-state index in [4.69, 9.17) is 18.0 Å². The first kappa shape index (κ1) is 12.1. The minimum absolute atomic E-state index is 0.299. The van der Waals surface area contributed by atoms with Gasteiger partial charge in [0.05, 0.1) is 13.2 Å². The Bertz CT molecular complexity index is 169. The zero-order valence-corrected chi connectivity index (χ0v) is 10.5. The third-order valence-electron chi connectivity index (χ3n) is 2.87.